The molecule has 0 aromatic heterocycles. The number of carbonyl (C=O) groups is 1. The van der Waals surface area contributed by atoms with Crippen LogP contribution in [0, 0.1) is 0 Å². The van der Waals surface area contributed by atoms with E-state index in [1.807, 2.05) is 6.07 Å². The summed E-state index contributed by atoms with van der Waals surface area (Å²) >= 11 is 3.42. The normalized spacial score (nSPS) is 15.7. The highest BCUT2D eigenvalue weighted by Crippen LogP contribution is 2.32. The molecule has 0 radical (unpaired) electrons. The quantitative estimate of drug-likeness (QED) is 0.898. The van der Waals surface area contributed by atoms with Crippen molar-refractivity contribution in [3.05, 3.63) is 28.2 Å². The largest absolute Gasteiger partial charge is 0.478 e. The molecule has 0 aliphatic carbocycles. The number of benzene rings is 1. The number of nitrogens with zero attached hydrogens (tertiary/aromatic N) is 1. The molecule has 1 aromatic rings. The van der Waals surface area contributed by atoms with Gasteiger partial charge in [-0.25, -0.2) is 4.79 Å². The van der Waals surface area contributed by atoms with Crippen LogP contribution < -0.4 is 4.90 Å². The van der Waals surface area contributed by atoms with Crippen molar-refractivity contribution in [2.45, 2.75) is 12.8 Å². The number of carboxylic acid groups (broad SMARTS) is 1. The Hall–Kier alpha value is -1.03. The van der Waals surface area contributed by atoms with Gasteiger partial charge in [0.15, 0.2) is 0 Å². The molecule has 0 atom stereocenters. The van der Waals surface area contributed by atoms with Crippen LogP contribution in [0.4, 0.5) is 5.69 Å². The second-order valence-corrected chi connectivity index (χ2v) is 4.49. The van der Waals surface area contributed by atoms with Gasteiger partial charge in [0.1, 0.15) is 0 Å². The van der Waals surface area contributed by atoms with Gasteiger partial charge in [0, 0.05) is 17.6 Å². The minimum Gasteiger partial charge on any atom is -0.478 e. The molecule has 1 heterocycles. The summed E-state index contributed by atoms with van der Waals surface area (Å²) in [6.07, 6.45) is 2.28. The molecule has 2 rings (SSSR count). The number of hydrogen-bond donors (Lipinski definition) is 1. The lowest BCUT2D eigenvalue weighted by molar-refractivity contribution is 0.0697. The van der Waals surface area contributed by atoms with Crippen molar-refractivity contribution in [1.82, 2.24) is 0 Å². The average Bonchev–Trinajstić information content (AvgIpc) is 2.70. The third-order valence-corrected chi connectivity index (χ3v) is 3.28. The van der Waals surface area contributed by atoms with Gasteiger partial charge in [-0.2, -0.15) is 0 Å². The molecule has 1 saturated heterocycles. The fraction of sp³-hybridized carbons (Fsp3) is 0.364. The Labute approximate surface area is 96.8 Å². The van der Waals surface area contributed by atoms with E-state index in [2.05, 4.69) is 20.8 Å². The molecular formula is C11H12BrNO2. The van der Waals surface area contributed by atoms with Gasteiger partial charge in [0.05, 0.1) is 11.3 Å². The predicted octanol–water partition coefficient (Wildman–Crippen LogP) is 2.75. The fourth-order valence-electron chi connectivity index (χ4n) is 1.95. The molecule has 1 aromatic carbocycles. The van der Waals surface area contributed by atoms with Gasteiger partial charge < -0.3 is 10.0 Å². The van der Waals surface area contributed by atoms with E-state index in [1.54, 1.807) is 12.1 Å². The van der Waals surface area contributed by atoms with Gasteiger partial charge in [-0.3, -0.25) is 0 Å². The average molecular weight is 270 g/mol. The van der Waals surface area contributed by atoms with Crippen LogP contribution in [0.2, 0.25) is 0 Å². The van der Waals surface area contributed by atoms with E-state index in [-0.39, 0.29) is 0 Å². The number of halogens is 1. The molecule has 0 amide bonds. The van der Waals surface area contributed by atoms with Gasteiger partial charge >= 0.3 is 5.97 Å². The lowest BCUT2D eigenvalue weighted by Crippen LogP contribution is -2.21. The van der Waals surface area contributed by atoms with Gasteiger partial charge in [-0.05, 0) is 40.9 Å². The first kappa shape index (κ1) is 10.5. The Morgan fingerprint density at radius 1 is 1.33 bits per heavy atom. The Bertz CT molecular complexity index is 386. The van der Waals surface area contributed by atoms with Crippen molar-refractivity contribution < 1.29 is 9.90 Å². The number of aromatic carboxylic acids is 1. The molecule has 1 aliphatic rings. The predicted molar refractivity (Wildman–Crippen MR) is 62.5 cm³/mol. The molecule has 0 spiro atoms. The summed E-state index contributed by atoms with van der Waals surface area (Å²) in [5.41, 5.74) is 1.20. The van der Waals surface area contributed by atoms with Gasteiger partial charge in [0.25, 0.3) is 0 Å². The summed E-state index contributed by atoms with van der Waals surface area (Å²) in [7, 11) is 0. The zero-order valence-electron chi connectivity index (χ0n) is 8.24. The Morgan fingerprint density at radius 3 is 2.60 bits per heavy atom. The summed E-state index contributed by atoms with van der Waals surface area (Å²) in [6, 6.07) is 5.30. The van der Waals surface area contributed by atoms with Crippen molar-refractivity contribution in [3.8, 4) is 0 Å². The standard InChI is InChI=1S/C11H12BrNO2/c12-9-5-3-4-8(11(14)15)10(9)13-6-1-2-7-13/h3-5H,1-2,6-7H2,(H,14,15). The van der Waals surface area contributed by atoms with Gasteiger partial charge in [-0.15, -0.1) is 0 Å². The first-order chi connectivity index (χ1) is 7.20. The number of anilines is 1. The van der Waals surface area contributed by atoms with E-state index in [0.717, 1.165) is 36.1 Å². The lowest BCUT2D eigenvalue weighted by atomic mass is 10.1. The highest BCUT2D eigenvalue weighted by molar-refractivity contribution is 9.10. The molecule has 4 heteroatoms. The monoisotopic (exact) mass is 269 g/mol. The van der Waals surface area contributed by atoms with Crippen molar-refractivity contribution in [2.75, 3.05) is 18.0 Å². The van der Waals surface area contributed by atoms with Crippen LogP contribution in [0.5, 0.6) is 0 Å². The van der Waals surface area contributed by atoms with Crippen LogP contribution in [0.1, 0.15) is 23.2 Å². The molecule has 0 saturated carbocycles. The maximum atomic E-state index is 11.1. The van der Waals surface area contributed by atoms with Crippen molar-refractivity contribution in [2.24, 2.45) is 0 Å². The number of carboxylic acids is 1. The van der Waals surface area contributed by atoms with Crippen LogP contribution in [-0.4, -0.2) is 24.2 Å². The maximum Gasteiger partial charge on any atom is 0.337 e. The minimum atomic E-state index is -0.863. The second kappa shape index (κ2) is 4.23. The van der Waals surface area contributed by atoms with E-state index in [1.165, 1.54) is 0 Å². The summed E-state index contributed by atoms with van der Waals surface area (Å²) in [4.78, 5) is 13.2. The first-order valence-corrected chi connectivity index (χ1v) is 5.76. The van der Waals surface area contributed by atoms with Crippen LogP contribution >= 0.6 is 15.9 Å². The topological polar surface area (TPSA) is 40.5 Å². The summed E-state index contributed by atoms with van der Waals surface area (Å²) in [5, 5.41) is 9.10. The SMILES string of the molecule is O=C(O)c1cccc(Br)c1N1CCCC1. The Morgan fingerprint density at radius 2 is 2.00 bits per heavy atom. The van der Waals surface area contributed by atoms with E-state index in [0.29, 0.717) is 5.56 Å². The number of para-hydroxylation sites is 1. The van der Waals surface area contributed by atoms with Gasteiger partial charge in [0.2, 0.25) is 0 Å². The zero-order valence-corrected chi connectivity index (χ0v) is 9.83. The minimum absolute atomic E-state index is 0.381. The van der Waals surface area contributed by atoms with Crippen LogP contribution in [0.25, 0.3) is 0 Å². The molecular weight excluding hydrogens is 258 g/mol. The van der Waals surface area contributed by atoms with Crippen LogP contribution in [0.15, 0.2) is 22.7 Å². The third-order valence-electron chi connectivity index (χ3n) is 2.64. The number of rotatable bonds is 2. The van der Waals surface area contributed by atoms with Crippen LogP contribution in [-0.2, 0) is 0 Å². The molecule has 80 valence electrons. The third kappa shape index (κ3) is 2.00. The molecule has 1 fully saturated rings. The van der Waals surface area contributed by atoms with E-state index in [9.17, 15) is 4.79 Å². The second-order valence-electron chi connectivity index (χ2n) is 3.64. The van der Waals surface area contributed by atoms with E-state index < -0.39 is 5.97 Å². The highest BCUT2D eigenvalue weighted by atomic mass is 79.9. The first-order valence-electron chi connectivity index (χ1n) is 4.97. The van der Waals surface area contributed by atoms with E-state index >= 15 is 0 Å². The molecule has 1 N–H and O–H groups in total. The molecule has 15 heavy (non-hydrogen) atoms. The van der Waals surface area contributed by atoms with Crippen molar-refractivity contribution in [1.29, 1.82) is 0 Å². The zero-order chi connectivity index (χ0) is 10.8. The fourth-order valence-corrected chi connectivity index (χ4v) is 2.57. The molecule has 0 unspecified atom stereocenters. The van der Waals surface area contributed by atoms with Gasteiger partial charge in [-0.1, -0.05) is 6.07 Å². The smallest absolute Gasteiger partial charge is 0.337 e. The molecule has 0 bridgehead atoms. The van der Waals surface area contributed by atoms with E-state index in [4.69, 9.17) is 5.11 Å². The lowest BCUT2D eigenvalue weighted by Gasteiger charge is -2.21. The summed E-state index contributed by atoms with van der Waals surface area (Å²) in [6.45, 7) is 1.89. The maximum absolute atomic E-state index is 11.1. The molecule has 3 nitrogen and oxygen atoms in total. The molecule has 1 aliphatic heterocycles. The van der Waals surface area contributed by atoms with Crippen molar-refractivity contribution in [3.63, 3.8) is 0 Å². The van der Waals surface area contributed by atoms with Crippen LogP contribution in [0.3, 0.4) is 0 Å². The Balaban J connectivity index is 2.46. The number of hydrogen-bond acceptors (Lipinski definition) is 2. The summed E-state index contributed by atoms with van der Waals surface area (Å²) in [5.74, 6) is -0.863. The van der Waals surface area contributed by atoms with Crippen molar-refractivity contribution >= 4 is 27.6 Å². The Kier molecular flexibility index (Phi) is 2.95. The summed E-state index contributed by atoms with van der Waals surface area (Å²) < 4.78 is 0.865. The highest BCUT2D eigenvalue weighted by Gasteiger charge is 2.21.